The Morgan fingerprint density at radius 3 is 2.41 bits per heavy atom. The minimum atomic E-state index is -0.328. The molecule has 0 radical (unpaired) electrons. The van der Waals surface area contributed by atoms with Crippen LogP contribution < -0.4 is 14.2 Å². The van der Waals surface area contributed by atoms with Crippen LogP contribution in [0.15, 0.2) is 40.9 Å². The highest BCUT2D eigenvalue weighted by Crippen LogP contribution is 2.39. The molecular formula is C23H24FN3O5. The minimum Gasteiger partial charge on any atom is -0.493 e. The standard InChI is InChI=1S/C23H24FN3O5/c1-29-18-11-16(12-19(30-2)20(18)31-3)23(28)27-10-4-5-15(13-27)22-25-21(26-32-22)14-6-8-17(24)9-7-14/h6-9,11-12,15H,4-5,10,13H2,1-3H3/t15-/m0/s1. The SMILES string of the molecule is COc1cc(C(=O)N2CCC[C@H](c3nc(-c4ccc(F)cc4)no3)C2)cc(OC)c1OC. The first-order valence-electron chi connectivity index (χ1n) is 10.2. The average molecular weight is 441 g/mol. The summed E-state index contributed by atoms with van der Waals surface area (Å²) in [7, 11) is 4.54. The Morgan fingerprint density at radius 1 is 1.09 bits per heavy atom. The fourth-order valence-corrected chi connectivity index (χ4v) is 3.87. The van der Waals surface area contributed by atoms with Crippen molar-refractivity contribution in [2.75, 3.05) is 34.4 Å². The number of hydrogen-bond donors (Lipinski definition) is 0. The topological polar surface area (TPSA) is 86.9 Å². The zero-order chi connectivity index (χ0) is 22.7. The van der Waals surface area contributed by atoms with Crippen LogP contribution in [0.2, 0.25) is 0 Å². The molecule has 1 amide bonds. The lowest BCUT2D eigenvalue weighted by atomic mass is 9.97. The second-order valence-corrected chi connectivity index (χ2v) is 7.47. The molecule has 9 heteroatoms. The smallest absolute Gasteiger partial charge is 0.254 e. The zero-order valence-corrected chi connectivity index (χ0v) is 18.1. The van der Waals surface area contributed by atoms with Crippen molar-refractivity contribution in [2.45, 2.75) is 18.8 Å². The van der Waals surface area contributed by atoms with Gasteiger partial charge in [-0.15, -0.1) is 0 Å². The van der Waals surface area contributed by atoms with Gasteiger partial charge in [-0.3, -0.25) is 4.79 Å². The summed E-state index contributed by atoms with van der Waals surface area (Å²) in [4.78, 5) is 19.5. The molecule has 0 saturated carbocycles. The van der Waals surface area contributed by atoms with E-state index in [-0.39, 0.29) is 17.6 Å². The van der Waals surface area contributed by atoms with Crippen molar-refractivity contribution in [1.82, 2.24) is 15.0 Å². The van der Waals surface area contributed by atoms with Gasteiger partial charge in [0.15, 0.2) is 11.5 Å². The van der Waals surface area contributed by atoms with Gasteiger partial charge >= 0.3 is 0 Å². The summed E-state index contributed by atoms with van der Waals surface area (Å²) in [6.07, 6.45) is 1.62. The number of carbonyl (C=O) groups is 1. The van der Waals surface area contributed by atoms with Crippen LogP contribution in [0.4, 0.5) is 4.39 Å². The molecule has 168 valence electrons. The van der Waals surface area contributed by atoms with Gasteiger partial charge in [-0.25, -0.2) is 4.39 Å². The molecule has 4 rings (SSSR count). The Morgan fingerprint density at radius 2 is 1.78 bits per heavy atom. The molecule has 1 atom stereocenters. The summed E-state index contributed by atoms with van der Waals surface area (Å²) >= 11 is 0. The molecule has 2 aromatic carbocycles. The van der Waals surface area contributed by atoms with E-state index in [0.717, 1.165) is 12.8 Å². The lowest BCUT2D eigenvalue weighted by molar-refractivity contribution is 0.0694. The van der Waals surface area contributed by atoms with E-state index < -0.39 is 0 Å². The van der Waals surface area contributed by atoms with E-state index in [4.69, 9.17) is 18.7 Å². The van der Waals surface area contributed by atoms with E-state index >= 15 is 0 Å². The predicted molar refractivity (Wildman–Crippen MR) is 114 cm³/mol. The average Bonchev–Trinajstić information content (AvgIpc) is 3.33. The van der Waals surface area contributed by atoms with Gasteiger partial charge in [0.05, 0.1) is 27.2 Å². The summed E-state index contributed by atoms with van der Waals surface area (Å²) in [6.45, 7) is 1.06. The van der Waals surface area contributed by atoms with Crippen molar-refractivity contribution >= 4 is 5.91 Å². The number of carbonyl (C=O) groups excluding carboxylic acids is 1. The number of amides is 1. The van der Waals surface area contributed by atoms with Gasteiger partial charge in [0.1, 0.15) is 5.82 Å². The van der Waals surface area contributed by atoms with Gasteiger partial charge in [0.25, 0.3) is 5.91 Å². The molecule has 0 bridgehead atoms. The molecule has 8 nitrogen and oxygen atoms in total. The maximum Gasteiger partial charge on any atom is 0.254 e. The predicted octanol–water partition coefficient (Wildman–Crippen LogP) is 3.92. The quantitative estimate of drug-likeness (QED) is 0.573. The molecule has 1 saturated heterocycles. The van der Waals surface area contributed by atoms with Crippen LogP contribution in [0.1, 0.15) is 35.0 Å². The van der Waals surface area contributed by atoms with Gasteiger partial charge < -0.3 is 23.6 Å². The van der Waals surface area contributed by atoms with E-state index in [1.54, 1.807) is 29.2 Å². The van der Waals surface area contributed by atoms with Gasteiger partial charge in [-0.2, -0.15) is 4.98 Å². The number of aromatic nitrogens is 2. The second kappa shape index (κ2) is 9.25. The molecular weight excluding hydrogens is 417 g/mol. The number of benzene rings is 2. The largest absolute Gasteiger partial charge is 0.493 e. The van der Waals surface area contributed by atoms with Crippen molar-refractivity contribution in [2.24, 2.45) is 0 Å². The second-order valence-electron chi connectivity index (χ2n) is 7.47. The number of halogens is 1. The maximum absolute atomic E-state index is 13.2. The molecule has 0 unspecified atom stereocenters. The Balaban J connectivity index is 1.53. The summed E-state index contributed by atoms with van der Waals surface area (Å²) in [5.41, 5.74) is 1.11. The van der Waals surface area contributed by atoms with E-state index in [2.05, 4.69) is 10.1 Å². The monoisotopic (exact) mass is 441 g/mol. The minimum absolute atomic E-state index is 0.0866. The Kier molecular flexibility index (Phi) is 6.25. The molecule has 1 aliphatic rings. The van der Waals surface area contributed by atoms with E-state index in [9.17, 15) is 9.18 Å². The molecule has 0 aliphatic carbocycles. The van der Waals surface area contributed by atoms with Crippen LogP contribution in [0, 0.1) is 5.82 Å². The third-order valence-electron chi connectivity index (χ3n) is 5.51. The van der Waals surface area contributed by atoms with E-state index in [0.29, 0.717) is 53.2 Å². The first-order valence-corrected chi connectivity index (χ1v) is 10.2. The molecule has 1 aromatic heterocycles. The van der Waals surface area contributed by atoms with E-state index in [1.807, 2.05) is 0 Å². The van der Waals surface area contributed by atoms with Crippen molar-refractivity contribution in [3.63, 3.8) is 0 Å². The van der Waals surface area contributed by atoms with E-state index in [1.165, 1.54) is 33.5 Å². The third kappa shape index (κ3) is 4.23. The number of rotatable bonds is 6. The number of nitrogens with zero attached hydrogens (tertiary/aromatic N) is 3. The van der Waals surface area contributed by atoms with Gasteiger partial charge in [0.2, 0.25) is 17.5 Å². The number of methoxy groups -OCH3 is 3. The fraction of sp³-hybridized carbons (Fsp3) is 0.348. The molecule has 2 heterocycles. The van der Waals surface area contributed by atoms with Crippen LogP contribution >= 0.6 is 0 Å². The molecule has 32 heavy (non-hydrogen) atoms. The highest BCUT2D eigenvalue weighted by molar-refractivity contribution is 5.95. The van der Waals surface area contributed by atoms with Crippen LogP contribution in [0.3, 0.4) is 0 Å². The number of ether oxygens (including phenoxy) is 3. The Bertz CT molecular complexity index is 1070. The normalized spacial score (nSPS) is 16.0. The molecule has 0 spiro atoms. The first kappa shape index (κ1) is 21.6. The van der Waals surface area contributed by atoms with Crippen LogP contribution in [0.5, 0.6) is 17.2 Å². The fourth-order valence-electron chi connectivity index (χ4n) is 3.87. The highest BCUT2D eigenvalue weighted by atomic mass is 19.1. The Labute approximate surface area is 184 Å². The summed E-state index contributed by atoms with van der Waals surface area (Å²) in [6, 6.07) is 9.20. The number of hydrogen-bond acceptors (Lipinski definition) is 7. The number of piperidine rings is 1. The van der Waals surface area contributed by atoms with Crippen molar-refractivity contribution in [1.29, 1.82) is 0 Å². The van der Waals surface area contributed by atoms with Gasteiger partial charge in [0, 0.05) is 24.2 Å². The molecule has 0 N–H and O–H groups in total. The van der Waals surface area contributed by atoms with Crippen molar-refractivity contribution < 1.29 is 27.9 Å². The highest BCUT2D eigenvalue weighted by Gasteiger charge is 2.30. The van der Waals surface area contributed by atoms with Crippen molar-refractivity contribution in [3.05, 3.63) is 53.7 Å². The van der Waals surface area contributed by atoms with Crippen LogP contribution in [0.25, 0.3) is 11.4 Å². The summed E-state index contributed by atoms with van der Waals surface area (Å²) in [5.74, 6) is 1.57. The van der Waals surface area contributed by atoms with Gasteiger partial charge in [-0.05, 0) is 49.2 Å². The van der Waals surface area contributed by atoms with Gasteiger partial charge in [-0.1, -0.05) is 5.16 Å². The lowest BCUT2D eigenvalue weighted by Gasteiger charge is -2.31. The molecule has 1 aliphatic heterocycles. The lowest BCUT2D eigenvalue weighted by Crippen LogP contribution is -2.39. The molecule has 1 fully saturated rings. The summed E-state index contributed by atoms with van der Waals surface area (Å²) < 4.78 is 34.7. The first-order chi connectivity index (χ1) is 15.5. The maximum atomic E-state index is 13.2. The van der Waals surface area contributed by atoms with Crippen LogP contribution in [-0.4, -0.2) is 55.4 Å². The molecule has 3 aromatic rings. The zero-order valence-electron chi connectivity index (χ0n) is 18.1. The summed E-state index contributed by atoms with van der Waals surface area (Å²) in [5, 5.41) is 4.02. The van der Waals surface area contributed by atoms with Crippen LogP contribution in [-0.2, 0) is 0 Å². The van der Waals surface area contributed by atoms with Crippen molar-refractivity contribution in [3.8, 4) is 28.6 Å². The Hall–Kier alpha value is -3.62. The number of likely N-dealkylation sites (tertiary alicyclic amines) is 1. The third-order valence-corrected chi connectivity index (χ3v) is 5.51.